The number of halogens is 2. The Balaban J connectivity index is 2.34. The molecule has 0 bridgehead atoms. The van der Waals surface area contributed by atoms with E-state index in [1.807, 2.05) is 44.2 Å². The average Bonchev–Trinajstić information content (AvgIpc) is 2.48. The predicted molar refractivity (Wildman–Crippen MR) is 80.7 cm³/mol. The maximum atomic E-state index is 13.3. The zero-order valence-electron chi connectivity index (χ0n) is 12.3. The topological polar surface area (TPSA) is 46.2 Å². The third kappa shape index (κ3) is 3.69. The number of nitrogens with one attached hydrogen (secondary N) is 1. The number of hydrogen-bond acceptors (Lipinski definition) is 2. The smallest absolute Gasteiger partial charge is 0.207 e. The van der Waals surface area contributed by atoms with Gasteiger partial charge in [-0.05, 0) is 29.7 Å². The maximum absolute atomic E-state index is 13.3. The van der Waals surface area contributed by atoms with E-state index in [9.17, 15) is 17.2 Å². The van der Waals surface area contributed by atoms with Gasteiger partial charge in [-0.2, -0.15) is 0 Å². The van der Waals surface area contributed by atoms with Crippen LogP contribution in [0.25, 0.3) is 0 Å². The van der Waals surface area contributed by atoms with E-state index < -0.39 is 27.7 Å². The molecular formula is C16H17F2NO2S. The van der Waals surface area contributed by atoms with Crippen LogP contribution in [0.15, 0.2) is 53.4 Å². The Bertz CT molecular complexity index is 746. The van der Waals surface area contributed by atoms with Crippen molar-refractivity contribution in [2.45, 2.75) is 24.8 Å². The first-order valence-electron chi connectivity index (χ1n) is 6.83. The molecule has 3 nitrogen and oxygen atoms in total. The van der Waals surface area contributed by atoms with Crippen LogP contribution in [0, 0.1) is 17.6 Å². The quantitative estimate of drug-likeness (QED) is 0.912. The van der Waals surface area contributed by atoms with Crippen LogP contribution in [0.4, 0.5) is 8.78 Å². The highest BCUT2D eigenvalue weighted by Gasteiger charge is 2.24. The first kappa shape index (κ1) is 16.6. The van der Waals surface area contributed by atoms with E-state index in [2.05, 4.69) is 4.72 Å². The van der Waals surface area contributed by atoms with E-state index in [-0.39, 0.29) is 10.8 Å². The van der Waals surface area contributed by atoms with Gasteiger partial charge in [0.1, 0.15) is 0 Å². The molecule has 0 saturated carbocycles. The fourth-order valence-corrected chi connectivity index (χ4v) is 3.51. The Hall–Kier alpha value is -1.79. The van der Waals surface area contributed by atoms with Gasteiger partial charge in [0, 0.05) is 6.04 Å². The molecule has 1 atom stereocenters. The van der Waals surface area contributed by atoms with Gasteiger partial charge in [0.2, 0.25) is 10.0 Å². The van der Waals surface area contributed by atoms with Crippen molar-refractivity contribution < 1.29 is 17.2 Å². The standard InChI is InChI=1S/C16H17F2NO2S/c1-11(2)16(12-6-4-3-5-7-12)19-22(20,21)13-8-9-14(17)15(18)10-13/h3-11,16,19H,1-2H3. The van der Waals surface area contributed by atoms with Crippen molar-refractivity contribution in [2.75, 3.05) is 0 Å². The van der Waals surface area contributed by atoms with Crippen LogP contribution in [0.3, 0.4) is 0 Å². The molecular weight excluding hydrogens is 308 g/mol. The fraction of sp³-hybridized carbons (Fsp3) is 0.250. The molecule has 2 aromatic rings. The van der Waals surface area contributed by atoms with Gasteiger partial charge >= 0.3 is 0 Å². The minimum absolute atomic E-state index is 0.0116. The minimum atomic E-state index is -3.95. The lowest BCUT2D eigenvalue weighted by atomic mass is 9.97. The van der Waals surface area contributed by atoms with Crippen LogP contribution in [-0.2, 0) is 10.0 Å². The van der Waals surface area contributed by atoms with E-state index >= 15 is 0 Å². The summed E-state index contributed by atoms with van der Waals surface area (Å²) in [6.45, 7) is 3.76. The Morgan fingerprint density at radius 2 is 1.59 bits per heavy atom. The molecule has 0 aliphatic rings. The van der Waals surface area contributed by atoms with E-state index in [0.29, 0.717) is 6.07 Å². The summed E-state index contributed by atoms with van der Waals surface area (Å²) < 4.78 is 53.5. The summed E-state index contributed by atoms with van der Waals surface area (Å²) in [7, 11) is -3.95. The van der Waals surface area contributed by atoms with Crippen molar-refractivity contribution in [1.29, 1.82) is 0 Å². The zero-order valence-corrected chi connectivity index (χ0v) is 13.1. The summed E-state index contributed by atoms with van der Waals surface area (Å²) in [5, 5.41) is 0. The Morgan fingerprint density at radius 3 is 2.14 bits per heavy atom. The minimum Gasteiger partial charge on any atom is -0.207 e. The Morgan fingerprint density at radius 1 is 0.955 bits per heavy atom. The number of sulfonamides is 1. The highest BCUT2D eigenvalue weighted by molar-refractivity contribution is 7.89. The average molecular weight is 325 g/mol. The fourth-order valence-electron chi connectivity index (χ4n) is 2.13. The summed E-state index contributed by atoms with van der Waals surface area (Å²) in [5.74, 6) is -2.28. The Kier molecular flexibility index (Phi) is 4.93. The highest BCUT2D eigenvalue weighted by Crippen LogP contribution is 2.24. The molecule has 0 spiro atoms. The molecule has 0 fully saturated rings. The van der Waals surface area contributed by atoms with E-state index in [1.165, 1.54) is 0 Å². The summed E-state index contributed by atoms with van der Waals surface area (Å²) in [6.07, 6.45) is 0. The van der Waals surface area contributed by atoms with E-state index in [0.717, 1.165) is 17.7 Å². The molecule has 2 aromatic carbocycles. The lowest BCUT2D eigenvalue weighted by Crippen LogP contribution is -2.31. The highest BCUT2D eigenvalue weighted by atomic mass is 32.2. The third-order valence-corrected chi connectivity index (χ3v) is 4.75. The van der Waals surface area contributed by atoms with Crippen molar-refractivity contribution >= 4 is 10.0 Å². The van der Waals surface area contributed by atoms with Gasteiger partial charge in [-0.3, -0.25) is 0 Å². The van der Waals surface area contributed by atoms with Crippen LogP contribution in [0.1, 0.15) is 25.5 Å². The second-order valence-electron chi connectivity index (χ2n) is 5.33. The Labute approximate surface area is 129 Å². The molecule has 6 heteroatoms. The van der Waals surface area contributed by atoms with E-state index in [1.54, 1.807) is 0 Å². The molecule has 2 rings (SSSR count). The van der Waals surface area contributed by atoms with Gasteiger partial charge in [-0.15, -0.1) is 0 Å². The summed E-state index contributed by atoms with van der Waals surface area (Å²) in [6, 6.07) is 11.2. The first-order chi connectivity index (χ1) is 10.3. The van der Waals surface area contributed by atoms with Crippen LogP contribution < -0.4 is 4.72 Å². The maximum Gasteiger partial charge on any atom is 0.241 e. The molecule has 0 heterocycles. The van der Waals surface area contributed by atoms with Crippen molar-refractivity contribution in [1.82, 2.24) is 4.72 Å². The molecule has 0 saturated heterocycles. The summed E-state index contributed by atoms with van der Waals surface area (Å²) in [4.78, 5) is -0.298. The van der Waals surface area contributed by atoms with Gasteiger partial charge in [-0.1, -0.05) is 44.2 Å². The largest absolute Gasteiger partial charge is 0.241 e. The zero-order chi connectivity index (χ0) is 16.3. The lowest BCUT2D eigenvalue weighted by molar-refractivity contribution is 0.462. The van der Waals surface area contributed by atoms with Crippen LogP contribution >= 0.6 is 0 Å². The number of hydrogen-bond donors (Lipinski definition) is 1. The van der Waals surface area contributed by atoms with Gasteiger partial charge in [-0.25, -0.2) is 21.9 Å². The summed E-state index contributed by atoms with van der Waals surface area (Å²) >= 11 is 0. The van der Waals surface area contributed by atoms with Crippen molar-refractivity contribution in [2.24, 2.45) is 5.92 Å². The molecule has 0 aliphatic carbocycles. The molecule has 0 radical (unpaired) electrons. The molecule has 1 N–H and O–H groups in total. The van der Waals surface area contributed by atoms with Gasteiger partial charge < -0.3 is 0 Å². The molecule has 22 heavy (non-hydrogen) atoms. The predicted octanol–water partition coefficient (Wildman–Crippen LogP) is 3.64. The number of benzene rings is 2. The second kappa shape index (κ2) is 6.54. The molecule has 0 aliphatic heterocycles. The van der Waals surface area contributed by atoms with Crippen molar-refractivity contribution in [3.8, 4) is 0 Å². The molecule has 118 valence electrons. The third-order valence-electron chi connectivity index (χ3n) is 3.31. The molecule has 1 unspecified atom stereocenters. The molecule has 0 aromatic heterocycles. The van der Waals surface area contributed by atoms with Gasteiger partial charge in [0.05, 0.1) is 4.90 Å². The monoisotopic (exact) mass is 325 g/mol. The van der Waals surface area contributed by atoms with Crippen LogP contribution in [-0.4, -0.2) is 8.42 Å². The summed E-state index contributed by atoms with van der Waals surface area (Å²) in [5.41, 5.74) is 0.809. The number of rotatable bonds is 5. The second-order valence-corrected chi connectivity index (χ2v) is 7.04. The SMILES string of the molecule is CC(C)C(NS(=O)(=O)c1ccc(F)c(F)c1)c1ccccc1. The van der Waals surface area contributed by atoms with E-state index in [4.69, 9.17) is 0 Å². The van der Waals surface area contributed by atoms with Gasteiger partial charge in [0.15, 0.2) is 11.6 Å². The lowest BCUT2D eigenvalue weighted by Gasteiger charge is -2.22. The van der Waals surface area contributed by atoms with Crippen LogP contribution in [0.2, 0.25) is 0 Å². The first-order valence-corrected chi connectivity index (χ1v) is 8.32. The van der Waals surface area contributed by atoms with Crippen molar-refractivity contribution in [3.63, 3.8) is 0 Å². The van der Waals surface area contributed by atoms with Crippen LogP contribution in [0.5, 0.6) is 0 Å². The molecule has 0 amide bonds. The normalized spacial score (nSPS) is 13.3. The van der Waals surface area contributed by atoms with Crippen molar-refractivity contribution in [3.05, 3.63) is 65.7 Å². The van der Waals surface area contributed by atoms with Gasteiger partial charge in [0.25, 0.3) is 0 Å².